The molecule has 0 spiro atoms. The lowest BCUT2D eigenvalue weighted by Crippen LogP contribution is -2.37. The average Bonchev–Trinajstić information content (AvgIpc) is 3.41. The quantitative estimate of drug-likeness (QED) is 0.272. The van der Waals surface area contributed by atoms with Gasteiger partial charge in [0.15, 0.2) is 5.82 Å². The van der Waals surface area contributed by atoms with Gasteiger partial charge in [0.1, 0.15) is 6.04 Å². The summed E-state index contributed by atoms with van der Waals surface area (Å²) in [5.74, 6) is 0.579. The van der Waals surface area contributed by atoms with Gasteiger partial charge in [0.25, 0.3) is 5.56 Å². The summed E-state index contributed by atoms with van der Waals surface area (Å²) in [5, 5.41) is 14.5. The van der Waals surface area contributed by atoms with Gasteiger partial charge in [-0.1, -0.05) is 48.9 Å². The molecule has 9 heteroatoms. The number of nitrogens with one attached hydrogen (secondary N) is 1. The van der Waals surface area contributed by atoms with Gasteiger partial charge in [0.2, 0.25) is 0 Å². The number of aromatic amines is 1. The highest BCUT2D eigenvalue weighted by atomic mass is 35.5. The van der Waals surface area contributed by atoms with Gasteiger partial charge in [-0.15, -0.1) is 5.10 Å². The van der Waals surface area contributed by atoms with Crippen LogP contribution in [0.2, 0.25) is 5.02 Å². The minimum absolute atomic E-state index is 0.185. The van der Waals surface area contributed by atoms with Crippen LogP contribution in [0.4, 0.5) is 0 Å². The highest BCUT2D eigenvalue weighted by Crippen LogP contribution is 2.33. The molecule has 0 saturated carbocycles. The fourth-order valence-corrected chi connectivity index (χ4v) is 5.04. The number of nitrogens with zero attached hydrogens (tertiary/aromatic N) is 6. The number of hydrogen-bond acceptors (Lipinski definition) is 6. The van der Waals surface area contributed by atoms with E-state index in [2.05, 4.69) is 43.4 Å². The van der Waals surface area contributed by atoms with Crippen molar-refractivity contribution in [1.29, 1.82) is 0 Å². The zero-order valence-electron chi connectivity index (χ0n) is 22.6. The van der Waals surface area contributed by atoms with E-state index < -0.39 is 11.6 Å². The van der Waals surface area contributed by atoms with E-state index in [1.165, 1.54) is 5.56 Å². The van der Waals surface area contributed by atoms with Crippen LogP contribution in [-0.4, -0.2) is 35.1 Å². The molecule has 1 N–H and O–H groups in total. The van der Waals surface area contributed by atoms with Crippen LogP contribution in [0.15, 0.2) is 77.9 Å². The summed E-state index contributed by atoms with van der Waals surface area (Å²) in [6, 6.07) is 19.2. The molecule has 0 aliphatic rings. The van der Waals surface area contributed by atoms with E-state index >= 15 is 0 Å². The van der Waals surface area contributed by atoms with Crippen LogP contribution in [0.1, 0.15) is 61.8 Å². The van der Waals surface area contributed by atoms with Gasteiger partial charge >= 0.3 is 0 Å². The van der Waals surface area contributed by atoms with E-state index in [9.17, 15) is 4.79 Å². The second kappa shape index (κ2) is 11.1. The first-order valence-corrected chi connectivity index (χ1v) is 13.4. The smallest absolute Gasteiger partial charge is 0.253 e. The zero-order chi connectivity index (χ0) is 27.6. The first-order chi connectivity index (χ1) is 18.7. The van der Waals surface area contributed by atoms with Gasteiger partial charge in [0.05, 0.1) is 5.54 Å². The first-order valence-electron chi connectivity index (χ1n) is 13.1. The number of benzene rings is 2. The minimum atomic E-state index is -0.575. The predicted molar refractivity (Wildman–Crippen MR) is 154 cm³/mol. The Kier molecular flexibility index (Phi) is 7.59. The van der Waals surface area contributed by atoms with Crippen LogP contribution in [0.5, 0.6) is 0 Å². The Morgan fingerprint density at radius 1 is 1.03 bits per heavy atom. The lowest BCUT2D eigenvalue weighted by atomic mass is 9.99. The second-order valence-electron chi connectivity index (χ2n) is 10.7. The van der Waals surface area contributed by atoms with Crippen LogP contribution >= 0.6 is 11.6 Å². The number of tetrazole rings is 1. The molecule has 0 bridgehead atoms. The Balaban J connectivity index is 1.75. The standard InChI is InChI=1S/C30H32ClN7O/c1-5-20-12-13-26-23(15-20)16-24(29(39)33-26)27(28-34-35-36-38(28)30(2,3)4)37(18-21-9-8-14-32-17-21)19-22-10-6-7-11-25(22)31/h6-17,27H,5,18-19H2,1-4H3,(H,33,39). The van der Waals surface area contributed by atoms with Crippen molar-refractivity contribution in [3.63, 3.8) is 0 Å². The Bertz CT molecular complexity index is 1640. The van der Waals surface area contributed by atoms with Crippen molar-refractivity contribution >= 4 is 22.5 Å². The number of aromatic nitrogens is 6. The SMILES string of the molecule is CCc1ccc2[nH]c(=O)c(C(c3nnnn3C(C)(C)C)N(Cc3cccnc3)Cc3ccccc3Cl)cc2c1. The molecule has 200 valence electrons. The summed E-state index contributed by atoms with van der Waals surface area (Å²) in [5.41, 5.74) is 3.88. The average molecular weight is 542 g/mol. The van der Waals surface area contributed by atoms with Crippen molar-refractivity contribution in [2.75, 3.05) is 0 Å². The van der Waals surface area contributed by atoms with Gasteiger partial charge < -0.3 is 4.98 Å². The molecule has 0 aliphatic heterocycles. The number of pyridine rings is 2. The molecule has 0 aliphatic carbocycles. The third kappa shape index (κ3) is 5.77. The summed E-state index contributed by atoms with van der Waals surface area (Å²) < 4.78 is 1.80. The molecule has 2 aromatic carbocycles. The van der Waals surface area contributed by atoms with Crippen molar-refractivity contribution in [2.45, 2.75) is 58.8 Å². The van der Waals surface area contributed by atoms with E-state index in [0.29, 0.717) is 29.5 Å². The molecule has 0 fully saturated rings. The van der Waals surface area contributed by atoms with E-state index in [-0.39, 0.29) is 5.56 Å². The van der Waals surface area contributed by atoms with E-state index in [4.69, 9.17) is 11.6 Å². The Morgan fingerprint density at radius 3 is 2.56 bits per heavy atom. The number of hydrogen-bond donors (Lipinski definition) is 1. The molecule has 5 aromatic rings. The maximum absolute atomic E-state index is 13.8. The fourth-order valence-electron chi connectivity index (χ4n) is 4.85. The third-order valence-corrected chi connectivity index (χ3v) is 7.19. The molecular formula is C30H32ClN7O. The zero-order valence-corrected chi connectivity index (χ0v) is 23.4. The second-order valence-corrected chi connectivity index (χ2v) is 11.1. The van der Waals surface area contributed by atoms with Gasteiger partial charge in [-0.25, -0.2) is 4.68 Å². The van der Waals surface area contributed by atoms with Gasteiger partial charge in [0, 0.05) is 41.6 Å². The third-order valence-electron chi connectivity index (χ3n) is 6.82. The Morgan fingerprint density at radius 2 is 1.85 bits per heavy atom. The Hall–Kier alpha value is -3.88. The van der Waals surface area contributed by atoms with Crippen LogP contribution in [0.3, 0.4) is 0 Å². The molecule has 3 aromatic heterocycles. The van der Waals surface area contributed by atoms with Crippen molar-refractivity contribution in [3.05, 3.63) is 117 Å². The minimum Gasteiger partial charge on any atom is -0.322 e. The number of halogens is 1. The first kappa shape index (κ1) is 26.7. The number of H-pyrrole nitrogens is 1. The van der Waals surface area contributed by atoms with Crippen LogP contribution in [0.25, 0.3) is 10.9 Å². The molecule has 3 heterocycles. The van der Waals surface area contributed by atoms with Crippen molar-refractivity contribution < 1.29 is 0 Å². The van der Waals surface area contributed by atoms with Gasteiger partial charge in [-0.3, -0.25) is 14.7 Å². The van der Waals surface area contributed by atoms with Crippen molar-refractivity contribution in [3.8, 4) is 0 Å². The topological polar surface area (TPSA) is 92.6 Å². The normalized spacial score (nSPS) is 12.8. The van der Waals surface area contributed by atoms with E-state index in [0.717, 1.165) is 28.5 Å². The number of aryl methyl sites for hydroxylation is 1. The molecular weight excluding hydrogens is 510 g/mol. The summed E-state index contributed by atoms with van der Waals surface area (Å²) in [6.07, 6.45) is 4.48. The fraction of sp³-hybridized carbons (Fsp3) is 0.300. The maximum atomic E-state index is 13.8. The van der Waals surface area contributed by atoms with Gasteiger partial charge in [-0.05, 0) is 90.0 Å². The molecule has 0 amide bonds. The molecule has 5 rings (SSSR count). The van der Waals surface area contributed by atoms with E-state index in [1.807, 2.05) is 81.6 Å². The molecule has 8 nitrogen and oxygen atoms in total. The number of fused-ring (bicyclic) bond motifs is 1. The molecule has 39 heavy (non-hydrogen) atoms. The maximum Gasteiger partial charge on any atom is 0.253 e. The van der Waals surface area contributed by atoms with Crippen molar-refractivity contribution in [1.82, 2.24) is 35.1 Å². The van der Waals surface area contributed by atoms with Crippen LogP contribution in [0, 0.1) is 0 Å². The number of rotatable bonds is 8. The van der Waals surface area contributed by atoms with E-state index in [1.54, 1.807) is 10.9 Å². The van der Waals surface area contributed by atoms with Gasteiger partial charge in [-0.2, -0.15) is 0 Å². The Labute approximate surface area is 232 Å². The summed E-state index contributed by atoms with van der Waals surface area (Å²) in [4.78, 5) is 23.4. The highest BCUT2D eigenvalue weighted by Gasteiger charge is 2.34. The molecule has 0 radical (unpaired) electrons. The molecule has 0 saturated heterocycles. The molecule has 1 atom stereocenters. The molecule has 1 unspecified atom stereocenters. The summed E-state index contributed by atoms with van der Waals surface area (Å²) in [7, 11) is 0. The highest BCUT2D eigenvalue weighted by molar-refractivity contribution is 6.31. The largest absolute Gasteiger partial charge is 0.322 e. The summed E-state index contributed by atoms with van der Waals surface area (Å²) >= 11 is 6.64. The monoisotopic (exact) mass is 541 g/mol. The van der Waals surface area contributed by atoms with Crippen LogP contribution in [-0.2, 0) is 25.0 Å². The predicted octanol–water partition coefficient (Wildman–Crippen LogP) is 5.67. The van der Waals surface area contributed by atoms with Crippen molar-refractivity contribution in [2.24, 2.45) is 0 Å². The van der Waals surface area contributed by atoms with Crippen LogP contribution < -0.4 is 5.56 Å². The lowest BCUT2D eigenvalue weighted by Gasteiger charge is -2.33. The summed E-state index contributed by atoms with van der Waals surface area (Å²) in [6.45, 7) is 9.20. The lowest BCUT2D eigenvalue weighted by molar-refractivity contribution is 0.184.